The second-order valence-corrected chi connectivity index (χ2v) is 8.55. The molecule has 0 aliphatic carbocycles. The fraction of sp³-hybridized carbons (Fsp3) is 0.0667. The Hall–Kier alpha value is -4.84. The lowest BCUT2D eigenvalue weighted by Crippen LogP contribution is -2.05. The zero-order valence-electron chi connectivity index (χ0n) is 19.4. The van der Waals surface area contributed by atoms with Crippen LogP contribution in [-0.2, 0) is 12.8 Å². The van der Waals surface area contributed by atoms with E-state index in [1.54, 1.807) is 36.8 Å². The van der Waals surface area contributed by atoms with Crippen molar-refractivity contribution in [3.63, 3.8) is 0 Å². The summed E-state index contributed by atoms with van der Waals surface area (Å²) in [5.74, 6) is -0.975. The van der Waals surface area contributed by atoms with Gasteiger partial charge in [-0.05, 0) is 71.6 Å². The summed E-state index contributed by atoms with van der Waals surface area (Å²) < 4.78 is 0. The van der Waals surface area contributed by atoms with Crippen LogP contribution in [0.2, 0.25) is 0 Å². The van der Waals surface area contributed by atoms with Crippen molar-refractivity contribution in [3.05, 3.63) is 131 Å². The van der Waals surface area contributed by atoms with Gasteiger partial charge in [0.2, 0.25) is 0 Å². The summed E-state index contributed by atoms with van der Waals surface area (Å²) in [5, 5.41) is 13.4. The molecule has 3 aromatic carbocycles. The molecule has 0 radical (unpaired) electrons. The van der Waals surface area contributed by atoms with Crippen LogP contribution in [0.1, 0.15) is 37.4 Å². The molecule has 0 saturated heterocycles. The van der Waals surface area contributed by atoms with Crippen molar-refractivity contribution in [2.45, 2.75) is 12.8 Å². The van der Waals surface area contributed by atoms with Crippen LogP contribution >= 0.6 is 0 Å². The Balaban J connectivity index is 1.34. The molecular formula is C30H23N3O3. The molecule has 0 saturated carbocycles. The van der Waals surface area contributed by atoms with Gasteiger partial charge in [0.05, 0.1) is 11.1 Å². The molecule has 0 unspecified atom stereocenters. The van der Waals surface area contributed by atoms with Crippen LogP contribution in [0.5, 0.6) is 0 Å². The number of carbonyl (C=O) groups excluding carboxylic acids is 1. The number of nitrogens with one attached hydrogen (secondary N) is 1. The maximum atomic E-state index is 13.1. The van der Waals surface area contributed by atoms with E-state index in [2.05, 4.69) is 27.4 Å². The molecule has 0 aliphatic heterocycles. The first-order chi connectivity index (χ1) is 17.5. The number of hydrogen-bond acceptors (Lipinski definition) is 5. The zero-order chi connectivity index (χ0) is 24.9. The van der Waals surface area contributed by atoms with Crippen molar-refractivity contribution in [2.75, 3.05) is 5.32 Å². The van der Waals surface area contributed by atoms with Crippen LogP contribution in [0.15, 0.2) is 104 Å². The van der Waals surface area contributed by atoms with Crippen molar-refractivity contribution >= 4 is 34.0 Å². The molecule has 2 heterocycles. The highest BCUT2D eigenvalue weighted by Gasteiger charge is 2.11. The Morgan fingerprint density at radius 1 is 0.750 bits per heavy atom. The minimum Gasteiger partial charge on any atom is -0.478 e. The van der Waals surface area contributed by atoms with E-state index in [1.165, 1.54) is 11.6 Å². The second-order valence-electron chi connectivity index (χ2n) is 8.55. The van der Waals surface area contributed by atoms with Crippen molar-refractivity contribution in [1.82, 2.24) is 9.97 Å². The number of aromatic nitrogens is 2. The number of fused-ring (bicyclic) bond motifs is 1. The highest BCUT2D eigenvalue weighted by molar-refractivity contribution is 6.00. The van der Waals surface area contributed by atoms with Crippen LogP contribution in [0, 0.1) is 0 Å². The Morgan fingerprint density at radius 2 is 1.56 bits per heavy atom. The maximum Gasteiger partial charge on any atom is 0.335 e. The molecule has 2 aromatic heterocycles. The summed E-state index contributed by atoms with van der Waals surface area (Å²) in [7, 11) is 0. The zero-order valence-corrected chi connectivity index (χ0v) is 19.4. The van der Waals surface area contributed by atoms with Gasteiger partial charge in [-0.3, -0.25) is 14.8 Å². The van der Waals surface area contributed by atoms with E-state index in [0.29, 0.717) is 22.9 Å². The van der Waals surface area contributed by atoms with Gasteiger partial charge in [-0.1, -0.05) is 36.4 Å². The Bertz CT molecular complexity index is 1560. The minimum absolute atomic E-state index is 0.0208. The standard InChI is InChI=1S/C30H23N3O3/c34-29(17-22-4-1-3-21(16-22)15-20-9-12-31-13-10-20)23-5-2-6-25(18-23)33-28-11-14-32-27-8-7-24(30(35)36)19-26(27)28/h1-14,16,18-19H,15,17H2,(H,32,33)(H,35,36). The molecule has 0 amide bonds. The van der Waals surface area contributed by atoms with Gasteiger partial charge in [-0.15, -0.1) is 0 Å². The van der Waals surface area contributed by atoms with E-state index < -0.39 is 5.97 Å². The number of ketones is 1. The lowest BCUT2D eigenvalue weighted by atomic mass is 9.98. The summed E-state index contributed by atoms with van der Waals surface area (Å²) in [6.45, 7) is 0. The first-order valence-corrected chi connectivity index (χ1v) is 11.5. The number of nitrogens with zero attached hydrogens (tertiary/aromatic N) is 2. The third-order valence-corrected chi connectivity index (χ3v) is 5.97. The number of carboxylic acids is 1. The van der Waals surface area contributed by atoms with E-state index in [4.69, 9.17) is 0 Å². The van der Waals surface area contributed by atoms with Crippen molar-refractivity contribution in [3.8, 4) is 0 Å². The van der Waals surface area contributed by atoms with E-state index in [9.17, 15) is 14.7 Å². The number of carbonyl (C=O) groups is 2. The number of aromatic carboxylic acids is 1. The number of carboxylic acid groups (broad SMARTS) is 1. The largest absolute Gasteiger partial charge is 0.478 e. The van der Waals surface area contributed by atoms with Gasteiger partial charge < -0.3 is 10.4 Å². The summed E-state index contributed by atoms with van der Waals surface area (Å²) in [6.07, 6.45) is 6.31. The van der Waals surface area contributed by atoms with Gasteiger partial charge in [-0.2, -0.15) is 0 Å². The molecule has 0 spiro atoms. The predicted octanol–water partition coefficient (Wildman–Crippen LogP) is 6.09. The van der Waals surface area contributed by atoms with Crippen molar-refractivity contribution < 1.29 is 14.7 Å². The normalized spacial score (nSPS) is 10.8. The molecule has 176 valence electrons. The van der Waals surface area contributed by atoms with Crippen LogP contribution in [-0.4, -0.2) is 26.8 Å². The van der Waals surface area contributed by atoms with E-state index >= 15 is 0 Å². The van der Waals surface area contributed by atoms with Crippen molar-refractivity contribution in [1.29, 1.82) is 0 Å². The van der Waals surface area contributed by atoms with Crippen LogP contribution in [0.4, 0.5) is 11.4 Å². The third-order valence-electron chi connectivity index (χ3n) is 5.97. The molecule has 6 heteroatoms. The second kappa shape index (κ2) is 10.2. The first kappa shape index (κ1) is 22.9. The topological polar surface area (TPSA) is 92.2 Å². The molecule has 36 heavy (non-hydrogen) atoms. The Labute approximate surface area is 208 Å². The number of anilines is 2. The van der Waals surface area contributed by atoms with Crippen LogP contribution < -0.4 is 5.32 Å². The van der Waals surface area contributed by atoms with E-state index in [-0.39, 0.29) is 11.3 Å². The van der Waals surface area contributed by atoms with Gasteiger partial charge >= 0.3 is 5.97 Å². The highest BCUT2D eigenvalue weighted by atomic mass is 16.4. The number of hydrogen-bond donors (Lipinski definition) is 2. The quantitative estimate of drug-likeness (QED) is 0.265. The Morgan fingerprint density at radius 3 is 2.39 bits per heavy atom. The number of rotatable bonds is 8. The van der Waals surface area contributed by atoms with Gasteiger partial charge in [0.25, 0.3) is 0 Å². The smallest absolute Gasteiger partial charge is 0.335 e. The highest BCUT2D eigenvalue weighted by Crippen LogP contribution is 2.27. The molecule has 0 fully saturated rings. The fourth-order valence-corrected chi connectivity index (χ4v) is 4.19. The van der Waals surface area contributed by atoms with Crippen LogP contribution in [0.25, 0.3) is 10.9 Å². The van der Waals surface area contributed by atoms with Gasteiger partial charge in [0.1, 0.15) is 0 Å². The summed E-state index contributed by atoms with van der Waals surface area (Å²) in [4.78, 5) is 32.9. The third kappa shape index (κ3) is 5.28. The van der Waals surface area contributed by atoms with Gasteiger partial charge in [0.15, 0.2) is 5.78 Å². The molecule has 2 N–H and O–H groups in total. The fourth-order valence-electron chi connectivity index (χ4n) is 4.19. The average molecular weight is 474 g/mol. The molecule has 0 aliphatic rings. The summed E-state index contributed by atoms with van der Waals surface area (Å²) >= 11 is 0. The van der Waals surface area contributed by atoms with E-state index in [1.807, 2.05) is 48.5 Å². The first-order valence-electron chi connectivity index (χ1n) is 11.5. The molecule has 5 aromatic rings. The Kier molecular flexibility index (Phi) is 6.49. The van der Waals surface area contributed by atoms with Crippen LogP contribution in [0.3, 0.4) is 0 Å². The predicted molar refractivity (Wildman–Crippen MR) is 140 cm³/mol. The number of Topliss-reactive ketones (excluding diaryl/α,β-unsaturated/α-hetero) is 1. The monoisotopic (exact) mass is 473 g/mol. The number of pyridine rings is 2. The van der Waals surface area contributed by atoms with Gasteiger partial charge in [0, 0.05) is 47.3 Å². The lowest BCUT2D eigenvalue weighted by Gasteiger charge is -2.11. The van der Waals surface area contributed by atoms with Gasteiger partial charge in [-0.25, -0.2) is 4.79 Å². The molecule has 6 nitrogen and oxygen atoms in total. The molecule has 5 rings (SSSR count). The lowest BCUT2D eigenvalue weighted by molar-refractivity contribution is 0.0696. The maximum absolute atomic E-state index is 13.1. The molecular weight excluding hydrogens is 450 g/mol. The van der Waals surface area contributed by atoms with Crippen molar-refractivity contribution in [2.24, 2.45) is 0 Å². The summed E-state index contributed by atoms with van der Waals surface area (Å²) in [6, 6.07) is 26.0. The summed E-state index contributed by atoms with van der Waals surface area (Å²) in [5.41, 5.74) is 6.21. The SMILES string of the molecule is O=C(O)c1ccc2nccc(Nc3cccc(C(=O)Cc4cccc(Cc5ccncc5)c4)c3)c2c1. The average Bonchev–Trinajstić information content (AvgIpc) is 2.89. The molecule has 0 bridgehead atoms. The molecule has 0 atom stereocenters. The minimum atomic E-state index is -0.996. The number of benzene rings is 3. The van der Waals surface area contributed by atoms with E-state index in [0.717, 1.165) is 28.9 Å².